The highest BCUT2D eigenvalue weighted by atomic mass is 16.3. The Labute approximate surface area is 90.2 Å². The van der Waals surface area contributed by atoms with E-state index in [1.165, 1.54) is 0 Å². The molecule has 86 valence electrons. The Kier molecular flexibility index (Phi) is 2.98. The molecule has 2 saturated carbocycles. The van der Waals surface area contributed by atoms with Crippen LogP contribution in [-0.2, 0) is 4.79 Å². The lowest BCUT2D eigenvalue weighted by molar-refractivity contribution is -0.126. The Morgan fingerprint density at radius 1 is 1.33 bits per heavy atom. The third kappa shape index (κ3) is 2.69. The molecule has 0 bridgehead atoms. The summed E-state index contributed by atoms with van der Waals surface area (Å²) < 4.78 is 0. The van der Waals surface area contributed by atoms with Crippen LogP contribution in [0.4, 0.5) is 0 Å². The molecule has 0 aromatic heterocycles. The molecule has 2 fully saturated rings. The van der Waals surface area contributed by atoms with Crippen LogP contribution in [0.2, 0.25) is 0 Å². The first-order valence-electron chi connectivity index (χ1n) is 5.83. The third-order valence-corrected chi connectivity index (χ3v) is 3.59. The fraction of sp³-hybridized carbons (Fsp3) is 0.909. The molecule has 1 amide bonds. The quantitative estimate of drug-likeness (QED) is 0.623. The van der Waals surface area contributed by atoms with Gasteiger partial charge in [0.15, 0.2) is 0 Å². The molecule has 0 aromatic rings. The van der Waals surface area contributed by atoms with Gasteiger partial charge in [0.1, 0.15) is 0 Å². The topological polar surface area (TPSA) is 75.3 Å². The Hall–Kier alpha value is -0.610. The first kappa shape index (κ1) is 10.9. The van der Waals surface area contributed by atoms with Gasteiger partial charge in [0.05, 0.1) is 6.61 Å². The van der Waals surface area contributed by atoms with Crippen molar-refractivity contribution in [1.82, 2.24) is 5.32 Å². The summed E-state index contributed by atoms with van der Waals surface area (Å²) in [6, 6.07) is 0.444. The van der Waals surface area contributed by atoms with Crippen LogP contribution >= 0.6 is 0 Å². The van der Waals surface area contributed by atoms with Gasteiger partial charge in [0.25, 0.3) is 0 Å². The molecule has 0 aromatic carbocycles. The summed E-state index contributed by atoms with van der Waals surface area (Å²) in [4.78, 5) is 11.7. The van der Waals surface area contributed by atoms with E-state index in [1.807, 2.05) is 0 Å². The molecule has 0 spiro atoms. The Balaban J connectivity index is 1.79. The minimum atomic E-state index is -0.434. The van der Waals surface area contributed by atoms with Crippen LogP contribution in [0.15, 0.2) is 0 Å². The molecule has 0 atom stereocenters. The molecule has 0 saturated heterocycles. The highest BCUT2D eigenvalue weighted by Crippen LogP contribution is 2.31. The number of nitrogens with one attached hydrogen (secondary N) is 1. The second kappa shape index (κ2) is 4.10. The zero-order valence-electron chi connectivity index (χ0n) is 9.04. The van der Waals surface area contributed by atoms with Gasteiger partial charge in [-0.2, -0.15) is 0 Å². The maximum atomic E-state index is 11.7. The summed E-state index contributed by atoms with van der Waals surface area (Å²) in [7, 11) is 0. The number of aliphatic hydroxyl groups excluding tert-OH is 1. The first-order chi connectivity index (χ1) is 7.13. The molecule has 2 rings (SSSR count). The van der Waals surface area contributed by atoms with Crippen LogP contribution in [0, 0.1) is 5.92 Å². The van der Waals surface area contributed by atoms with E-state index in [0.717, 1.165) is 38.5 Å². The molecule has 2 aliphatic carbocycles. The van der Waals surface area contributed by atoms with Crippen molar-refractivity contribution in [2.24, 2.45) is 11.7 Å². The highest BCUT2D eigenvalue weighted by Gasteiger charge is 2.35. The van der Waals surface area contributed by atoms with E-state index in [-0.39, 0.29) is 18.4 Å². The average Bonchev–Trinajstić information content (AvgIpc) is 3.03. The van der Waals surface area contributed by atoms with Crippen molar-refractivity contribution in [2.75, 3.05) is 6.61 Å². The molecule has 4 N–H and O–H groups in total. The fourth-order valence-electron chi connectivity index (χ4n) is 2.16. The average molecular weight is 212 g/mol. The molecular formula is C11H20N2O2. The fourth-order valence-corrected chi connectivity index (χ4v) is 2.16. The second-order valence-electron chi connectivity index (χ2n) is 5.08. The number of carbonyl (C=O) groups excluding carboxylic acids is 1. The summed E-state index contributed by atoms with van der Waals surface area (Å²) >= 11 is 0. The van der Waals surface area contributed by atoms with Gasteiger partial charge in [-0.25, -0.2) is 0 Å². The molecule has 0 radical (unpaired) electrons. The van der Waals surface area contributed by atoms with E-state index in [2.05, 4.69) is 5.32 Å². The number of hydrogen-bond donors (Lipinski definition) is 3. The predicted molar refractivity (Wildman–Crippen MR) is 57.1 cm³/mol. The summed E-state index contributed by atoms with van der Waals surface area (Å²) in [6.07, 6.45) is 5.41. The standard InChI is InChI=1S/C11H20N2O2/c12-11(7-14)5-3-8(4-6-11)10(15)13-9-1-2-9/h8-9,14H,1-7,12H2,(H,13,15). The molecule has 0 heterocycles. The molecule has 15 heavy (non-hydrogen) atoms. The van der Waals surface area contributed by atoms with E-state index < -0.39 is 5.54 Å². The molecule has 0 unspecified atom stereocenters. The van der Waals surface area contributed by atoms with Crippen LogP contribution in [0.1, 0.15) is 38.5 Å². The van der Waals surface area contributed by atoms with Crippen molar-refractivity contribution >= 4 is 5.91 Å². The van der Waals surface area contributed by atoms with Crippen molar-refractivity contribution in [1.29, 1.82) is 0 Å². The van der Waals surface area contributed by atoms with Crippen LogP contribution in [0.25, 0.3) is 0 Å². The van der Waals surface area contributed by atoms with Crippen molar-refractivity contribution < 1.29 is 9.90 Å². The van der Waals surface area contributed by atoms with Crippen molar-refractivity contribution in [3.63, 3.8) is 0 Å². The SMILES string of the molecule is NC1(CO)CCC(C(=O)NC2CC2)CC1. The summed E-state index contributed by atoms with van der Waals surface area (Å²) in [5, 5.41) is 12.1. The molecule has 4 heteroatoms. The van der Waals surface area contributed by atoms with Gasteiger partial charge in [-0.15, -0.1) is 0 Å². The number of carbonyl (C=O) groups is 1. The van der Waals surface area contributed by atoms with E-state index in [9.17, 15) is 4.79 Å². The zero-order chi connectivity index (χ0) is 10.9. The highest BCUT2D eigenvalue weighted by molar-refractivity contribution is 5.79. The zero-order valence-corrected chi connectivity index (χ0v) is 9.04. The van der Waals surface area contributed by atoms with Crippen LogP contribution in [0.3, 0.4) is 0 Å². The van der Waals surface area contributed by atoms with Gasteiger partial charge in [-0.05, 0) is 38.5 Å². The normalized spacial score (nSPS) is 36.3. The molecule has 4 nitrogen and oxygen atoms in total. The van der Waals surface area contributed by atoms with Gasteiger partial charge in [-0.3, -0.25) is 4.79 Å². The summed E-state index contributed by atoms with van der Waals surface area (Å²) in [5.74, 6) is 0.311. The van der Waals surface area contributed by atoms with E-state index in [1.54, 1.807) is 0 Å². The minimum absolute atomic E-state index is 0.0317. The van der Waals surface area contributed by atoms with E-state index in [0.29, 0.717) is 6.04 Å². The van der Waals surface area contributed by atoms with Gasteiger partial charge in [-0.1, -0.05) is 0 Å². The minimum Gasteiger partial charge on any atom is -0.394 e. The van der Waals surface area contributed by atoms with Crippen molar-refractivity contribution in [2.45, 2.75) is 50.1 Å². The number of aliphatic hydroxyl groups is 1. The number of rotatable bonds is 3. The number of nitrogens with two attached hydrogens (primary N) is 1. The second-order valence-corrected chi connectivity index (χ2v) is 5.08. The maximum Gasteiger partial charge on any atom is 0.223 e. The van der Waals surface area contributed by atoms with Crippen LogP contribution in [-0.4, -0.2) is 29.2 Å². The third-order valence-electron chi connectivity index (χ3n) is 3.59. The first-order valence-corrected chi connectivity index (χ1v) is 5.83. The summed E-state index contributed by atoms with van der Waals surface area (Å²) in [5.41, 5.74) is 5.52. The lowest BCUT2D eigenvalue weighted by atomic mass is 9.77. The largest absolute Gasteiger partial charge is 0.394 e. The maximum absolute atomic E-state index is 11.7. The molecule has 0 aliphatic heterocycles. The van der Waals surface area contributed by atoms with E-state index in [4.69, 9.17) is 10.8 Å². The number of amides is 1. The van der Waals surface area contributed by atoms with Gasteiger partial charge < -0.3 is 16.2 Å². The molecule has 2 aliphatic rings. The van der Waals surface area contributed by atoms with Crippen molar-refractivity contribution in [3.05, 3.63) is 0 Å². The van der Waals surface area contributed by atoms with E-state index >= 15 is 0 Å². The van der Waals surface area contributed by atoms with Gasteiger partial charge in [0, 0.05) is 17.5 Å². The lowest BCUT2D eigenvalue weighted by Gasteiger charge is -2.35. The Morgan fingerprint density at radius 3 is 2.40 bits per heavy atom. The monoisotopic (exact) mass is 212 g/mol. The number of hydrogen-bond acceptors (Lipinski definition) is 3. The Morgan fingerprint density at radius 2 is 1.93 bits per heavy atom. The molecular weight excluding hydrogens is 192 g/mol. The van der Waals surface area contributed by atoms with Gasteiger partial charge in [0.2, 0.25) is 5.91 Å². The van der Waals surface area contributed by atoms with Crippen molar-refractivity contribution in [3.8, 4) is 0 Å². The Bertz CT molecular complexity index is 243. The summed E-state index contributed by atoms with van der Waals surface area (Å²) in [6.45, 7) is 0.0317. The van der Waals surface area contributed by atoms with Crippen LogP contribution < -0.4 is 11.1 Å². The predicted octanol–water partition coefficient (Wildman–Crippen LogP) is 0.145. The van der Waals surface area contributed by atoms with Gasteiger partial charge >= 0.3 is 0 Å². The smallest absolute Gasteiger partial charge is 0.223 e. The van der Waals surface area contributed by atoms with Crippen LogP contribution in [0.5, 0.6) is 0 Å². The lowest BCUT2D eigenvalue weighted by Crippen LogP contribution is -2.48.